The fourth-order valence-corrected chi connectivity index (χ4v) is 1.86. The van der Waals surface area contributed by atoms with E-state index < -0.39 is 0 Å². The molecule has 0 unspecified atom stereocenters. The van der Waals surface area contributed by atoms with Crippen molar-refractivity contribution in [3.05, 3.63) is 23.9 Å². The standard InChI is InChI=1S/C16H24N2O3/c1-3-20-15(19)6-9-17-10-13-4-5-14(18-11-13)21-12-16(2)7-8-16/h4-5,11,17H,3,6-10,12H2,1-2H3. The predicted octanol–water partition coefficient (Wildman–Crippen LogP) is 2.30. The Morgan fingerprint density at radius 1 is 1.43 bits per heavy atom. The molecule has 0 radical (unpaired) electrons. The van der Waals surface area contributed by atoms with Crippen molar-refractivity contribution >= 4 is 5.97 Å². The molecule has 1 saturated carbocycles. The van der Waals surface area contributed by atoms with Crippen LogP contribution in [0.15, 0.2) is 18.3 Å². The van der Waals surface area contributed by atoms with Gasteiger partial charge in [-0.1, -0.05) is 13.0 Å². The number of esters is 1. The highest BCUT2D eigenvalue weighted by Crippen LogP contribution is 2.44. The van der Waals surface area contributed by atoms with Gasteiger partial charge < -0.3 is 14.8 Å². The number of aromatic nitrogens is 1. The van der Waals surface area contributed by atoms with Gasteiger partial charge in [-0.05, 0) is 25.3 Å². The molecule has 1 aliphatic carbocycles. The van der Waals surface area contributed by atoms with Crippen molar-refractivity contribution in [2.75, 3.05) is 19.8 Å². The average Bonchev–Trinajstić information content (AvgIpc) is 3.21. The Kier molecular flexibility index (Phi) is 5.56. The van der Waals surface area contributed by atoms with E-state index in [4.69, 9.17) is 9.47 Å². The number of nitrogens with one attached hydrogen (secondary N) is 1. The van der Waals surface area contributed by atoms with Gasteiger partial charge in [-0.15, -0.1) is 0 Å². The Morgan fingerprint density at radius 2 is 2.24 bits per heavy atom. The molecule has 0 atom stereocenters. The smallest absolute Gasteiger partial charge is 0.307 e. The minimum atomic E-state index is -0.166. The van der Waals surface area contributed by atoms with Crippen molar-refractivity contribution in [3.63, 3.8) is 0 Å². The molecule has 0 amide bonds. The normalized spacial score (nSPS) is 15.5. The largest absolute Gasteiger partial charge is 0.477 e. The Bertz CT molecular complexity index is 455. The summed E-state index contributed by atoms with van der Waals surface area (Å²) in [5.74, 6) is 0.513. The number of carbonyl (C=O) groups excluding carboxylic acids is 1. The van der Waals surface area contributed by atoms with E-state index in [1.807, 2.05) is 25.3 Å². The molecule has 0 spiro atoms. The maximum Gasteiger partial charge on any atom is 0.307 e. The van der Waals surface area contributed by atoms with E-state index in [1.165, 1.54) is 12.8 Å². The van der Waals surface area contributed by atoms with Gasteiger partial charge >= 0.3 is 5.97 Å². The van der Waals surface area contributed by atoms with Gasteiger partial charge in [-0.2, -0.15) is 0 Å². The number of ether oxygens (including phenoxy) is 2. The number of pyridine rings is 1. The lowest BCUT2D eigenvalue weighted by Crippen LogP contribution is -2.19. The number of rotatable bonds is 9. The molecule has 21 heavy (non-hydrogen) atoms. The molecule has 1 heterocycles. The molecular formula is C16H24N2O3. The Balaban J connectivity index is 1.64. The predicted molar refractivity (Wildman–Crippen MR) is 80.0 cm³/mol. The first-order chi connectivity index (χ1) is 10.1. The van der Waals surface area contributed by atoms with E-state index >= 15 is 0 Å². The summed E-state index contributed by atoms with van der Waals surface area (Å²) >= 11 is 0. The maximum absolute atomic E-state index is 11.2. The number of hydrogen-bond acceptors (Lipinski definition) is 5. The lowest BCUT2D eigenvalue weighted by molar-refractivity contribution is -0.142. The van der Waals surface area contributed by atoms with Crippen LogP contribution in [0, 0.1) is 5.41 Å². The number of carbonyl (C=O) groups is 1. The molecule has 0 aliphatic heterocycles. The van der Waals surface area contributed by atoms with Crippen LogP contribution in [0.1, 0.15) is 38.7 Å². The van der Waals surface area contributed by atoms with Crippen LogP contribution in [0.2, 0.25) is 0 Å². The van der Waals surface area contributed by atoms with Crippen molar-refractivity contribution in [2.45, 2.75) is 39.7 Å². The summed E-state index contributed by atoms with van der Waals surface area (Å²) in [6.45, 7) is 6.51. The van der Waals surface area contributed by atoms with E-state index in [0.29, 0.717) is 37.4 Å². The van der Waals surface area contributed by atoms with E-state index in [2.05, 4.69) is 17.2 Å². The first kappa shape index (κ1) is 15.8. The van der Waals surface area contributed by atoms with E-state index in [9.17, 15) is 4.79 Å². The summed E-state index contributed by atoms with van der Waals surface area (Å²) in [6, 6.07) is 3.89. The Labute approximate surface area is 126 Å². The van der Waals surface area contributed by atoms with Crippen LogP contribution in [-0.4, -0.2) is 30.7 Å². The molecular weight excluding hydrogens is 268 g/mol. The minimum Gasteiger partial charge on any atom is -0.477 e. The van der Waals surface area contributed by atoms with E-state index in [-0.39, 0.29) is 5.97 Å². The minimum absolute atomic E-state index is 0.166. The summed E-state index contributed by atoms with van der Waals surface area (Å²) in [4.78, 5) is 15.5. The van der Waals surface area contributed by atoms with Gasteiger partial charge in [0.05, 0.1) is 19.6 Å². The van der Waals surface area contributed by atoms with Crippen LogP contribution >= 0.6 is 0 Å². The molecule has 1 fully saturated rings. The average molecular weight is 292 g/mol. The van der Waals surface area contributed by atoms with Gasteiger partial charge in [0.15, 0.2) is 0 Å². The summed E-state index contributed by atoms with van der Waals surface area (Å²) in [5, 5.41) is 3.20. The first-order valence-corrected chi connectivity index (χ1v) is 7.55. The topological polar surface area (TPSA) is 60.5 Å². The lowest BCUT2D eigenvalue weighted by atomic mass is 10.2. The van der Waals surface area contributed by atoms with Crippen LogP contribution in [0.25, 0.3) is 0 Å². The maximum atomic E-state index is 11.2. The van der Waals surface area contributed by atoms with Gasteiger partial charge in [0, 0.05) is 30.8 Å². The van der Waals surface area contributed by atoms with E-state index in [1.54, 1.807) is 0 Å². The highest BCUT2D eigenvalue weighted by Gasteiger charge is 2.38. The molecule has 116 valence electrons. The molecule has 0 saturated heterocycles. The second-order valence-electron chi connectivity index (χ2n) is 5.84. The van der Waals surface area contributed by atoms with Crippen molar-refractivity contribution < 1.29 is 14.3 Å². The van der Waals surface area contributed by atoms with Crippen LogP contribution in [0.5, 0.6) is 5.88 Å². The Hall–Kier alpha value is -1.62. The second kappa shape index (κ2) is 7.41. The molecule has 2 rings (SSSR count). The molecule has 1 aromatic rings. The zero-order chi connectivity index (χ0) is 15.1. The molecule has 1 N–H and O–H groups in total. The van der Waals surface area contributed by atoms with Crippen molar-refractivity contribution in [1.29, 1.82) is 0 Å². The number of hydrogen-bond donors (Lipinski definition) is 1. The summed E-state index contributed by atoms with van der Waals surface area (Å²) in [7, 11) is 0. The van der Waals surface area contributed by atoms with Gasteiger partial charge in [-0.25, -0.2) is 4.98 Å². The van der Waals surface area contributed by atoms with Gasteiger partial charge in [0.25, 0.3) is 0 Å². The van der Waals surface area contributed by atoms with Crippen molar-refractivity contribution in [2.24, 2.45) is 5.41 Å². The van der Waals surface area contributed by atoms with Gasteiger partial charge in [0.1, 0.15) is 0 Å². The second-order valence-corrected chi connectivity index (χ2v) is 5.84. The van der Waals surface area contributed by atoms with Gasteiger partial charge in [0.2, 0.25) is 5.88 Å². The highest BCUT2D eigenvalue weighted by molar-refractivity contribution is 5.69. The monoisotopic (exact) mass is 292 g/mol. The fraction of sp³-hybridized carbons (Fsp3) is 0.625. The molecule has 1 aromatic heterocycles. The Morgan fingerprint density at radius 3 is 2.86 bits per heavy atom. The van der Waals surface area contributed by atoms with Crippen molar-refractivity contribution in [3.8, 4) is 5.88 Å². The summed E-state index contributed by atoms with van der Waals surface area (Å²) in [5.41, 5.74) is 1.44. The third-order valence-corrected chi connectivity index (χ3v) is 3.61. The van der Waals surface area contributed by atoms with Crippen LogP contribution < -0.4 is 10.1 Å². The summed E-state index contributed by atoms with van der Waals surface area (Å²) in [6.07, 6.45) is 4.69. The quantitative estimate of drug-likeness (QED) is 0.559. The van der Waals surface area contributed by atoms with Gasteiger partial charge in [-0.3, -0.25) is 4.79 Å². The zero-order valence-corrected chi connectivity index (χ0v) is 12.9. The van der Waals surface area contributed by atoms with Crippen LogP contribution in [0.3, 0.4) is 0 Å². The highest BCUT2D eigenvalue weighted by atomic mass is 16.5. The zero-order valence-electron chi connectivity index (χ0n) is 12.9. The van der Waals surface area contributed by atoms with Crippen LogP contribution in [0.4, 0.5) is 0 Å². The number of nitrogens with zero attached hydrogens (tertiary/aromatic N) is 1. The van der Waals surface area contributed by atoms with Crippen LogP contribution in [-0.2, 0) is 16.1 Å². The first-order valence-electron chi connectivity index (χ1n) is 7.55. The molecule has 0 bridgehead atoms. The third kappa shape index (κ3) is 5.71. The molecule has 5 heteroatoms. The molecule has 5 nitrogen and oxygen atoms in total. The fourth-order valence-electron chi connectivity index (χ4n) is 1.86. The SMILES string of the molecule is CCOC(=O)CCNCc1ccc(OCC2(C)CC2)nc1. The van der Waals surface area contributed by atoms with Crippen molar-refractivity contribution in [1.82, 2.24) is 10.3 Å². The summed E-state index contributed by atoms with van der Waals surface area (Å²) < 4.78 is 10.5. The van der Waals surface area contributed by atoms with E-state index in [0.717, 1.165) is 12.2 Å². The third-order valence-electron chi connectivity index (χ3n) is 3.61. The lowest BCUT2D eigenvalue weighted by Gasteiger charge is -2.10. The molecule has 0 aromatic carbocycles. The molecule has 1 aliphatic rings.